The largest absolute Gasteiger partial charge is 0.484 e. The van der Waals surface area contributed by atoms with Crippen LogP contribution in [0.1, 0.15) is 11.9 Å². The molecule has 0 aliphatic carbocycles. The fraction of sp³-hybridized carbons (Fsp3) is 0.214. The molecule has 0 saturated heterocycles. The first-order valence-corrected chi connectivity index (χ1v) is 6.96. The molecule has 1 amide bonds. The fourth-order valence-electron chi connectivity index (χ4n) is 2.17. The molecule has 120 valence electrons. The molecular weight excluding hydrogens is 298 g/mol. The molecule has 0 bridgehead atoms. The van der Waals surface area contributed by atoms with E-state index in [1.54, 1.807) is 30.1 Å². The number of aliphatic imine (C=N–C) groups is 1. The SMILES string of the molecule is CNC(=O)COc1ccc(-n2cnc3c2N=C(N)NC3N)cc1. The Hall–Kier alpha value is -3.07. The van der Waals surface area contributed by atoms with Crippen LogP contribution in [0.15, 0.2) is 35.6 Å². The number of hydrogen-bond acceptors (Lipinski definition) is 7. The molecular formula is C14H17N7O2. The second kappa shape index (κ2) is 5.97. The fourth-order valence-corrected chi connectivity index (χ4v) is 2.17. The number of benzene rings is 1. The van der Waals surface area contributed by atoms with E-state index in [-0.39, 0.29) is 18.5 Å². The Morgan fingerprint density at radius 3 is 2.87 bits per heavy atom. The van der Waals surface area contributed by atoms with E-state index in [4.69, 9.17) is 16.2 Å². The number of rotatable bonds is 4. The molecule has 3 rings (SSSR count). The van der Waals surface area contributed by atoms with Gasteiger partial charge in [-0.15, -0.1) is 0 Å². The molecule has 1 aliphatic rings. The average Bonchev–Trinajstić information content (AvgIpc) is 2.97. The van der Waals surface area contributed by atoms with Gasteiger partial charge in [-0.1, -0.05) is 0 Å². The van der Waals surface area contributed by atoms with Gasteiger partial charge in [0, 0.05) is 12.7 Å². The minimum atomic E-state index is -0.487. The summed E-state index contributed by atoms with van der Waals surface area (Å²) in [7, 11) is 1.56. The topological polar surface area (TPSA) is 133 Å². The summed E-state index contributed by atoms with van der Waals surface area (Å²) in [5, 5.41) is 5.30. The van der Waals surface area contributed by atoms with Gasteiger partial charge in [0.2, 0.25) is 0 Å². The number of nitrogens with zero attached hydrogens (tertiary/aromatic N) is 3. The highest BCUT2D eigenvalue weighted by atomic mass is 16.5. The number of hydrogen-bond donors (Lipinski definition) is 4. The van der Waals surface area contributed by atoms with Crippen LogP contribution < -0.4 is 26.8 Å². The zero-order valence-electron chi connectivity index (χ0n) is 12.5. The molecule has 1 aromatic carbocycles. The number of fused-ring (bicyclic) bond motifs is 1. The number of imidazole rings is 1. The van der Waals surface area contributed by atoms with Crippen LogP contribution >= 0.6 is 0 Å². The second-order valence-electron chi connectivity index (χ2n) is 4.90. The number of nitrogens with one attached hydrogen (secondary N) is 2. The van der Waals surface area contributed by atoms with E-state index in [2.05, 4.69) is 20.6 Å². The predicted octanol–water partition coefficient (Wildman–Crippen LogP) is -0.496. The summed E-state index contributed by atoms with van der Waals surface area (Å²) in [4.78, 5) is 19.7. The Morgan fingerprint density at radius 2 is 2.17 bits per heavy atom. The van der Waals surface area contributed by atoms with Gasteiger partial charge < -0.3 is 26.8 Å². The molecule has 2 aromatic rings. The lowest BCUT2D eigenvalue weighted by Gasteiger charge is -2.18. The Morgan fingerprint density at radius 1 is 1.43 bits per heavy atom. The van der Waals surface area contributed by atoms with Crippen molar-refractivity contribution in [2.45, 2.75) is 6.17 Å². The van der Waals surface area contributed by atoms with E-state index in [1.807, 2.05) is 12.1 Å². The Kier molecular flexibility index (Phi) is 3.85. The van der Waals surface area contributed by atoms with Crippen LogP contribution in [0.3, 0.4) is 0 Å². The van der Waals surface area contributed by atoms with E-state index in [0.29, 0.717) is 17.3 Å². The van der Waals surface area contributed by atoms with Crippen molar-refractivity contribution in [3.8, 4) is 11.4 Å². The molecule has 1 aromatic heterocycles. The van der Waals surface area contributed by atoms with Gasteiger partial charge in [0.25, 0.3) is 5.91 Å². The molecule has 1 aliphatic heterocycles. The van der Waals surface area contributed by atoms with Gasteiger partial charge in [0.05, 0.1) is 0 Å². The maximum absolute atomic E-state index is 11.2. The first-order chi connectivity index (χ1) is 11.1. The molecule has 0 spiro atoms. The summed E-state index contributed by atoms with van der Waals surface area (Å²) >= 11 is 0. The first-order valence-electron chi connectivity index (χ1n) is 6.96. The maximum atomic E-state index is 11.2. The third kappa shape index (κ3) is 2.94. The van der Waals surface area contributed by atoms with Crippen LogP contribution in [0.4, 0.5) is 5.82 Å². The third-order valence-corrected chi connectivity index (χ3v) is 3.36. The minimum absolute atomic E-state index is 0.0301. The average molecular weight is 315 g/mol. The molecule has 0 saturated carbocycles. The minimum Gasteiger partial charge on any atom is -0.484 e. The number of aromatic nitrogens is 2. The summed E-state index contributed by atoms with van der Waals surface area (Å²) in [5.41, 5.74) is 13.1. The summed E-state index contributed by atoms with van der Waals surface area (Å²) in [6.45, 7) is -0.0301. The lowest BCUT2D eigenvalue weighted by Crippen LogP contribution is -2.41. The molecule has 23 heavy (non-hydrogen) atoms. The zero-order chi connectivity index (χ0) is 16.4. The van der Waals surface area contributed by atoms with Gasteiger partial charge >= 0.3 is 0 Å². The van der Waals surface area contributed by atoms with Crippen molar-refractivity contribution in [1.29, 1.82) is 0 Å². The smallest absolute Gasteiger partial charge is 0.257 e. The highest BCUT2D eigenvalue weighted by molar-refractivity contribution is 5.83. The lowest BCUT2D eigenvalue weighted by molar-refractivity contribution is -0.122. The van der Waals surface area contributed by atoms with Crippen molar-refractivity contribution < 1.29 is 9.53 Å². The summed E-state index contributed by atoms with van der Waals surface area (Å²) in [6.07, 6.45) is 1.15. The predicted molar refractivity (Wildman–Crippen MR) is 84.5 cm³/mol. The van der Waals surface area contributed by atoms with Crippen LogP contribution in [0.2, 0.25) is 0 Å². The normalized spacial score (nSPS) is 16.1. The molecule has 0 radical (unpaired) electrons. The molecule has 0 fully saturated rings. The number of ether oxygens (including phenoxy) is 1. The number of carbonyl (C=O) groups excluding carboxylic acids is 1. The lowest BCUT2D eigenvalue weighted by atomic mass is 10.2. The second-order valence-corrected chi connectivity index (χ2v) is 4.90. The van der Waals surface area contributed by atoms with Gasteiger partial charge in [-0.05, 0) is 24.3 Å². The van der Waals surface area contributed by atoms with E-state index in [0.717, 1.165) is 5.69 Å². The van der Waals surface area contributed by atoms with E-state index in [9.17, 15) is 4.79 Å². The number of guanidine groups is 1. The van der Waals surface area contributed by atoms with Gasteiger partial charge in [-0.3, -0.25) is 9.36 Å². The molecule has 1 unspecified atom stereocenters. The summed E-state index contributed by atoms with van der Waals surface area (Å²) < 4.78 is 7.15. The van der Waals surface area contributed by atoms with Gasteiger partial charge in [-0.2, -0.15) is 4.99 Å². The Bertz CT molecular complexity index is 751. The van der Waals surface area contributed by atoms with Crippen LogP contribution in [-0.2, 0) is 4.79 Å². The number of amides is 1. The van der Waals surface area contributed by atoms with Crippen molar-refractivity contribution in [2.24, 2.45) is 16.5 Å². The van der Waals surface area contributed by atoms with Crippen molar-refractivity contribution in [3.05, 3.63) is 36.3 Å². The van der Waals surface area contributed by atoms with Crippen LogP contribution in [-0.4, -0.2) is 35.1 Å². The van der Waals surface area contributed by atoms with Gasteiger partial charge in [-0.25, -0.2) is 4.98 Å². The van der Waals surface area contributed by atoms with E-state index >= 15 is 0 Å². The van der Waals surface area contributed by atoms with Gasteiger partial charge in [0.1, 0.15) is 23.9 Å². The maximum Gasteiger partial charge on any atom is 0.257 e. The quantitative estimate of drug-likeness (QED) is 0.601. The standard InChI is InChI=1S/C14H17N7O2/c1-17-10(22)6-23-9-4-2-8(3-5-9)21-7-18-11-12(15)19-14(16)20-13(11)21/h2-5,7,12H,6,15H2,1H3,(H,17,22)(H3,16,19,20). The molecule has 9 nitrogen and oxygen atoms in total. The summed E-state index contributed by atoms with van der Waals surface area (Å²) in [6, 6.07) is 7.19. The van der Waals surface area contributed by atoms with Crippen molar-refractivity contribution >= 4 is 17.7 Å². The number of likely N-dealkylation sites (N-methyl/N-ethyl adjacent to an activating group) is 1. The van der Waals surface area contributed by atoms with Crippen LogP contribution in [0.25, 0.3) is 5.69 Å². The molecule has 2 heterocycles. The highest BCUT2D eigenvalue weighted by Crippen LogP contribution is 2.28. The zero-order valence-corrected chi connectivity index (χ0v) is 12.5. The monoisotopic (exact) mass is 315 g/mol. The van der Waals surface area contributed by atoms with Crippen LogP contribution in [0, 0.1) is 0 Å². The Balaban J connectivity index is 1.83. The number of nitrogens with two attached hydrogens (primary N) is 2. The molecule has 9 heteroatoms. The van der Waals surface area contributed by atoms with Crippen molar-refractivity contribution in [2.75, 3.05) is 13.7 Å². The first kappa shape index (κ1) is 14.9. The van der Waals surface area contributed by atoms with Gasteiger partial charge in [0.15, 0.2) is 18.4 Å². The Labute approximate surface area is 132 Å². The molecule has 1 atom stereocenters. The number of carbonyl (C=O) groups is 1. The van der Waals surface area contributed by atoms with Crippen molar-refractivity contribution in [1.82, 2.24) is 20.2 Å². The van der Waals surface area contributed by atoms with Crippen molar-refractivity contribution in [3.63, 3.8) is 0 Å². The van der Waals surface area contributed by atoms with Crippen LogP contribution in [0.5, 0.6) is 5.75 Å². The third-order valence-electron chi connectivity index (χ3n) is 3.36. The molecule has 6 N–H and O–H groups in total. The van der Waals surface area contributed by atoms with E-state index < -0.39 is 6.17 Å². The summed E-state index contributed by atoms with van der Waals surface area (Å²) in [5.74, 6) is 1.24. The highest BCUT2D eigenvalue weighted by Gasteiger charge is 2.22. The van der Waals surface area contributed by atoms with E-state index in [1.165, 1.54) is 0 Å².